The number of anilines is 4. The number of benzene rings is 1. The summed E-state index contributed by atoms with van der Waals surface area (Å²) in [7, 11) is 7.63. The van der Waals surface area contributed by atoms with Crippen molar-refractivity contribution in [1.82, 2.24) is 19.2 Å². The van der Waals surface area contributed by atoms with Crippen LogP contribution in [-0.2, 0) is 4.79 Å². The Balaban J connectivity index is 1.82. The van der Waals surface area contributed by atoms with Gasteiger partial charge in [0.2, 0.25) is 17.7 Å². The van der Waals surface area contributed by atoms with E-state index in [1.165, 1.54) is 6.08 Å². The number of hydrogen-bond donors (Lipinski definition) is 2. The Morgan fingerprint density at radius 1 is 1.24 bits per heavy atom. The van der Waals surface area contributed by atoms with Crippen LogP contribution in [0, 0.1) is 0 Å². The molecule has 202 valence electrons. The second-order valence-electron chi connectivity index (χ2n) is 9.11. The van der Waals surface area contributed by atoms with Gasteiger partial charge in [-0.05, 0) is 51.8 Å². The second kappa shape index (κ2) is 14.1. The molecule has 0 radical (unpaired) electrons. The van der Waals surface area contributed by atoms with Gasteiger partial charge in [0, 0.05) is 51.6 Å². The highest BCUT2D eigenvalue weighted by molar-refractivity contribution is 7.96. The van der Waals surface area contributed by atoms with Gasteiger partial charge in [0.05, 0.1) is 24.2 Å². The molecule has 1 aromatic carbocycles. The van der Waals surface area contributed by atoms with Gasteiger partial charge < -0.3 is 29.9 Å². The quantitative estimate of drug-likeness (QED) is 0.312. The van der Waals surface area contributed by atoms with Gasteiger partial charge in [0.25, 0.3) is 0 Å². The third-order valence-corrected chi connectivity index (χ3v) is 6.99. The molecule has 1 aromatic heterocycles. The Bertz CT molecular complexity index is 1050. The molecule has 1 saturated heterocycles. The van der Waals surface area contributed by atoms with E-state index in [0.29, 0.717) is 29.0 Å². The van der Waals surface area contributed by atoms with Crippen molar-refractivity contribution >= 4 is 40.9 Å². The molecule has 1 aliphatic heterocycles. The number of carbonyl (C=O) groups excluding carboxylic acids is 1. The smallest absolute Gasteiger partial charge is 0.247 e. The third-order valence-electron chi connectivity index (χ3n) is 6.11. The molecule has 0 aliphatic carbocycles. The average Bonchev–Trinajstić information content (AvgIpc) is 3.12. The first kappa shape index (κ1) is 28.5. The number of carbonyl (C=O) groups is 1. The number of amides is 1. The van der Waals surface area contributed by atoms with E-state index in [-0.39, 0.29) is 12.0 Å². The van der Waals surface area contributed by atoms with E-state index >= 15 is 0 Å². The Kier molecular flexibility index (Phi) is 10.8. The van der Waals surface area contributed by atoms with Gasteiger partial charge in [-0.15, -0.1) is 0 Å². The minimum atomic E-state index is -0.298. The minimum absolute atomic E-state index is 0.118. The predicted molar refractivity (Wildman–Crippen MR) is 152 cm³/mol. The van der Waals surface area contributed by atoms with Crippen molar-refractivity contribution in [3.8, 4) is 11.6 Å². The molecule has 2 aromatic rings. The van der Waals surface area contributed by atoms with Crippen LogP contribution in [0.15, 0.2) is 37.1 Å². The van der Waals surface area contributed by atoms with E-state index in [1.54, 1.807) is 31.3 Å². The molecule has 2 heterocycles. The number of hydrogen-bond acceptors (Lipinski definition) is 10. The van der Waals surface area contributed by atoms with Crippen LogP contribution in [0.2, 0.25) is 0 Å². The van der Waals surface area contributed by atoms with Crippen molar-refractivity contribution in [3.05, 3.63) is 37.1 Å². The van der Waals surface area contributed by atoms with Crippen LogP contribution in [0.5, 0.6) is 11.6 Å². The van der Waals surface area contributed by atoms with E-state index in [1.807, 2.05) is 33.3 Å². The Morgan fingerprint density at radius 3 is 2.76 bits per heavy atom. The molecule has 1 fully saturated rings. The number of aromatic nitrogens is 2. The standard InChI is InChI=1S/C26H39N7O3S/c1-7-24(34)28-20-17-21(23(35-5)18-22(20)32(4)16-15-31(2)3)29-26-27-12-10-25(30-26)36-19-9-8-13-33(37-6)14-11-19/h7,10,12,17-19H,1,8-9,11,13-16H2,2-6H3,(H,28,34)(H,27,29,30). The summed E-state index contributed by atoms with van der Waals surface area (Å²) in [4.78, 5) is 25.3. The van der Waals surface area contributed by atoms with Crippen LogP contribution < -0.4 is 25.0 Å². The maximum atomic E-state index is 12.2. The molecule has 11 heteroatoms. The lowest BCUT2D eigenvalue weighted by molar-refractivity contribution is -0.111. The number of rotatable bonds is 12. The van der Waals surface area contributed by atoms with Crippen LogP contribution in [0.4, 0.5) is 23.0 Å². The number of nitrogens with one attached hydrogen (secondary N) is 2. The molecule has 1 aliphatic rings. The molecule has 0 spiro atoms. The summed E-state index contributed by atoms with van der Waals surface area (Å²) in [5.41, 5.74) is 2.07. The normalized spacial score (nSPS) is 16.1. The van der Waals surface area contributed by atoms with Crippen LogP contribution >= 0.6 is 11.9 Å². The molecule has 1 amide bonds. The van der Waals surface area contributed by atoms with E-state index in [2.05, 4.69) is 47.5 Å². The first-order valence-corrected chi connectivity index (χ1v) is 13.6. The first-order chi connectivity index (χ1) is 17.8. The van der Waals surface area contributed by atoms with Crippen LogP contribution in [-0.4, -0.2) is 91.9 Å². The molecular formula is C26H39N7O3S. The monoisotopic (exact) mass is 529 g/mol. The van der Waals surface area contributed by atoms with E-state index in [4.69, 9.17) is 9.47 Å². The molecule has 0 saturated carbocycles. The summed E-state index contributed by atoms with van der Waals surface area (Å²) in [6.45, 7) is 7.26. The Morgan fingerprint density at radius 2 is 2.05 bits per heavy atom. The molecule has 0 bridgehead atoms. The number of ether oxygens (including phenoxy) is 2. The van der Waals surface area contributed by atoms with E-state index in [0.717, 1.165) is 51.1 Å². The fourth-order valence-electron chi connectivity index (χ4n) is 4.00. The zero-order valence-electron chi connectivity index (χ0n) is 22.5. The predicted octanol–water partition coefficient (Wildman–Crippen LogP) is 3.86. The largest absolute Gasteiger partial charge is 0.494 e. The third kappa shape index (κ3) is 8.51. The summed E-state index contributed by atoms with van der Waals surface area (Å²) >= 11 is 1.78. The van der Waals surface area contributed by atoms with Gasteiger partial charge in [-0.25, -0.2) is 4.98 Å². The fraction of sp³-hybridized carbons (Fsp3) is 0.500. The summed E-state index contributed by atoms with van der Waals surface area (Å²) in [5, 5.41) is 6.14. The first-order valence-electron chi connectivity index (χ1n) is 12.4. The second-order valence-corrected chi connectivity index (χ2v) is 10.00. The van der Waals surface area contributed by atoms with Gasteiger partial charge in [-0.3, -0.25) is 9.10 Å². The van der Waals surface area contributed by atoms with Crippen LogP contribution in [0.1, 0.15) is 19.3 Å². The molecule has 1 atom stereocenters. The summed E-state index contributed by atoms with van der Waals surface area (Å²) in [6, 6.07) is 5.49. The van der Waals surface area contributed by atoms with Crippen molar-refractivity contribution in [3.63, 3.8) is 0 Å². The minimum Gasteiger partial charge on any atom is -0.494 e. The van der Waals surface area contributed by atoms with Gasteiger partial charge in [-0.1, -0.05) is 18.5 Å². The summed E-state index contributed by atoms with van der Waals surface area (Å²) in [5.74, 6) is 1.21. The van der Waals surface area contributed by atoms with Gasteiger partial charge in [-0.2, -0.15) is 4.98 Å². The zero-order chi connectivity index (χ0) is 26.8. The average molecular weight is 530 g/mol. The topological polar surface area (TPSA) is 95.1 Å². The number of likely N-dealkylation sites (N-methyl/N-ethyl adjacent to an activating group) is 2. The van der Waals surface area contributed by atoms with Crippen molar-refractivity contribution < 1.29 is 14.3 Å². The van der Waals surface area contributed by atoms with E-state index in [9.17, 15) is 4.79 Å². The van der Waals surface area contributed by atoms with Gasteiger partial charge in [0.1, 0.15) is 11.9 Å². The highest BCUT2D eigenvalue weighted by Crippen LogP contribution is 2.38. The van der Waals surface area contributed by atoms with Crippen LogP contribution in [0.25, 0.3) is 0 Å². The van der Waals surface area contributed by atoms with Crippen molar-refractivity contribution in [2.24, 2.45) is 0 Å². The Labute approximate surface area is 224 Å². The highest BCUT2D eigenvalue weighted by atomic mass is 32.2. The molecule has 1 unspecified atom stereocenters. The van der Waals surface area contributed by atoms with Crippen LogP contribution in [0.3, 0.4) is 0 Å². The molecular weight excluding hydrogens is 490 g/mol. The summed E-state index contributed by atoms with van der Waals surface area (Å²) in [6.07, 6.45) is 8.19. The maximum Gasteiger partial charge on any atom is 0.247 e. The molecule has 2 N–H and O–H groups in total. The highest BCUT2D eigenvalue weighted by Gasteiger charge is 2.20. The lowest BCUT2D eigenvalue weighted by Gasteiger charge is -2.26. The molecule has 37 heavy (non-hydrogen) atoms. The SMILES string of the molecule is C=CC(=O)Nc1cc(Nc2nccc(OC3CCCN(SC)CC3)n2)c(OC)cc1N(C)CCN(C)C. The van der Waals surface area contributed by atoms with Crippen molar-refractivity contribution in [2.45, 2.75) is 25.4 Å². The zero-order valence-corrected chi connectivity index (χ0v) is 23.3. The maximum absolute atomic E-state index is 12.2. The lowest BCUT2D eigenvalue weighted by atomic mass is 10.2. The number of nitrogens with zero attached hydrogens (tertiary/aromatic N) is 5. The van der Waals surface area contributed by atoms with E-state index < -0.39 is 0 Å². The fourth-order valence-corrected chi connectivity index (χ4v) is 4.60. The van der Waals surface area contributed by atoms with Gasteiger partial charge in [0.15, 0.2) is 0 Å². The molecule has 10 nitrogen and oxygen atoms in total. The molecule has 3 rings (SSSR count). The van der Waals surface area contributed by atoms with Gasteiger partial charge >= 0.3 is 0 Å². The van der Waals surface area contributed by atoms with Crippen molar-refractivity contribution in [2.75, 3.05) is 76.2 Å². The number of methoxy groups -OCH3 is 1. The summed E-state index contributed by atoms with van der Waals surface area (Å²) < 4.78 is 14.3. The lowest BCUT2D eigenvalue weighted by Crippen LogP contribution is -2.29. The van der Waals surface area contributed by atoms with Crippen molar-refractivity contribution in [1.29, 1.82) is 0 Å². The Hall–Kier alpha value is -3.02.